The fourth-order valence-corrected chi connectivity index (χ4v) is 1.98. The fourth-order valence-electron chi connectivity index (χ4n) is 1.79. The van der Waals surface area contributed by atoms with Crippen LogP contribution in [0.5, 0.6) is 0 Å². The van der Waals surface area contributed by atoms with Crippen molar-refractivity contribution < 1.29 is 0 Å². The lowest BCUT2D eigenvalue weighted by Crippen LogP contribution is -2.06. The van der Waals surface area contributed by atoms with E-state index >= 15 is 0 Å². The van der Waals surface area contributed by atoms with Gasteiger partial charge in [-0.1, -0.05) is 13.8 Å². The number of aromatic nitrogens is 3. The third-order valence-electron chi connectivity index (χ3n) is 2.81. The first-order chi connectivity index (χ1) is 7.22. The van der Waals surface area contributed by atoms with Crippen molar-refractivity contribution in [1.82, 2.24) is 14.8 Å². The number of nitrogens with zero attached hydrogens (tertiary/aromatic N) is 3. The number of halogens is 1. The monoisotopic (exact) mass is 227 g/mol. The molecule has 1 saturated carbocycles. The van der Waals surface area contributed by atoms with Gasteiger partial charge in [-0.25, -0.2) is 0 Å². The number of aryl methyl sites for hydroxylation is 1. The highest BCUT2D eigenvalue weighted by molar-refractivity contribution is 6.16. The molecular formula is C11H18ClN3. The third-order valence-corrected chi connectivity index (χ3v) is 3.05. The smallest absolute Gasteiger partial charge is 0.148 e. The second kappa shape index (κ2) is 4.52. The van der Waals surface area contributed by atoms with Crippen LogP contribution in [0.4, 0.5) is 0 Å². The summed E-state index contributed by atoms with van der Waals surface area (Å²) in [6.45, 7) is 4.47. The van der Waals surface area contributed by atoms with Gasteiger partial charge >= 0.3 is 0 Å². The Balaban J connectivity index is 2.11. The number of hydrogen-bond acceptors (Lipinski definition) is 2. The normalized spacial score (nSPS) is 16.3. The third kappa shape index (κ3) is 2.51. The van der Waals surface area contributed by atoms with Crippen LogP contribution in [0.3, 0.4) is 0 Å². The van der Waals surface area contributed by atoms with Gasteiger partial charge in [-0.15, -0.1) is 21.8 Å². The van der Waals surface area contributed by atoms with Crippen molar-refractivity contribution in [3.8, 4) is 0 Å². The summed E-state index contributed by atoms with van der Waals surface area (Å²) in [5.74, 6) is 3.26. The Labute approximate surface area is 95.8 Å². The van der Waals surface area contributed by atoms with E-state index in [4.69, 9.17) is 11.6 Å². The van der Waals surface area contributed by atoms with E-state index in [-0.39, 0.29) is 0 Å². The maximum absolute atomic E-state index is 5.86. The summed E-state index contributed by atoms with van der Waals surface area (Å²) in [7, 11) is 0. The van der Waals surface area contributed by atoms with Crippen LogP contribution in [0, 0.1) is 5.92 Å². The highest BCUT2D eigenvalue weighted by Gasteiger charge is 2.28. The van der Waals surface area contributed by atoms with Crippen LogP contribution < -0.4 is 0 Å². The molecule has 0 unspecified atom stereocenters. The average Bonchev–Trinajstić information content (AvgIpc) is 2.96. The number of alkyl halides is 1. The zero-order valence-corrected chi connectivity index (χ0v) is 10.2. The van der Waals surface area contributed by atoms with Crippen molar-refractivity contribution in [2.24, 2.45) is 5.92 Å². The van der Waals surface area contributed by atoms with E-state index in [1.807, 2.05) is 0 Å². The number of hydrogen-bond donors (Lipinski definition) is 0. The average molecular weight is 228 g/mol. The van der Waals surface area contributed by atoms with E-state index in [1.54, 1.807) is 0 Å². The highest BCUT2D eigenvalue weighted by Crippen LogP contribution is 2.37. The van der Waals surface area contributed by atoms with Crippen LogP contribution in [-0.2, 0) is 12.3 Å². The lowest BCUT2D eigenvalue weighted by molar-refractivity contribution is 0.552. The van der Waals surface area contributed by atoms with E-state index < -0.39 is 0 Å². The second-order valence-corrected chi connectivity index (χ2v) is 4.97. The minimum absolute atomic E-state index is 0.477. The summed E-state index contributed by atoms with van der Waals surface area (Å²) in [4.78, 5) is 0. The standard InChI is InChI=1S/C11H18ClN3/c1-8(2)3-6-10-13-14-11(7-12)15(10)9-4-5-9/h8-9H,3-7H2,1-2H3. The molecule has 0 bridgehead atoms. The molecule has 1 fully saturated rings. The Morgan fingerprint density at radius 1 is 1.33 bits per heavy atom. The lowest BCUT2D eigenvalue weighted by atomic mass is 10.1. The van der Waals surface area contributed by atoms with Gasteiger partial charge in [0.25, 0.3) is 0 Å². The summed E-state index contributed by atoms with van der Waals surface area (Å²) in [6.07, 6.45) is 4.72. The van der Waals surface area contributed by atoms with Gasteiger partial charge < -0.3 is 4.57 Å². The minimum Gasteiger partial charge on any atom is -0.311 e. The molecule has 2 rings (SSSR count). The summed E-state index contributed by atoms with van der Waals surface area (Å²) < 4.78 is 2.26. The topological polar surface area (TPSA) is 30.7 Å². The van der Waals surface area contributed by atoms with Crippen molar-refractivity contribution in [2.75, 3.05) is 0 Å². The Hall–Kier alpha value is -0.570. The highest BCUT2D eigenvalue weighted by atomic mass is 35.5. The molecule has 4 heteroatoms. The Bertz CT molecular complexity index is 329. The summed E-state index contributed by atoms with van der Waals surface area (Å²) in [5.41, 5.74) is 0. The van der Waals surface area contributed by atoms with Crippen LogP contribution in [0.25, 0.3) is 0 Å². The molecule has 1 aliphatic rings. The van der Waals surface area contributed by atoms with Crippen LogP contribution in [0.2, 0.25) is 0 Å². The Kier molecular flexibility index (Phi) is 3.29. The molecule has 1 aromatic heterocycles. The van der Waals surface area contributed by atoms with Crippen LogP contribution >= 0.6 is 11.6 Å². The van der Waals surface area contributed by atoms with E-state index in [9.17, 15) is 0 Å². The Morgan fingerprint density at radius 3 is 2.53 bits per heavy atom. The van der Waals surface area contributed by atoms with Gasteiger partial charge in [-0.05, 0) is 25.2 Å². The van der Waals surface area contributed by atoms with Crippen molar-refractivity contribution >= 4 is 11.6 Å². The lowest BCUT2D eigenvalue weighted by Gasteiger charge is -2.08. The molecular weight excluding hydrogens is 210 g/mol. The molecule has 0 spiro atoms. The van der Waals surface area contributed by atoms with E-state index in [0.29, 0.717) is 17.8 Å². The first kappa shape index (κ1) is 10.9. The Morgan fingerprint density at radius 2 is 2.00 bits per heavy atom. The van der Waals surface area contributed by atoms with Gasteiger partial charge in [0.05, 0.1) is 5.88 Å². The second-order valence-electron chi connectivity index (χ2n) is 4.70. The van der Waals surface area contributed by atoms with Crippen molar-refractivity contribution in [2.45, 2.75) is 51.5 Å². The molecule has 1 heterocycles. The van der Waals surface area contributed by atoms with E-state index in [2.05, 4.69) is 28.6 Å². The molecule has 0 amide bonds. The molecule has 84 valence electrons. The molecule has 15 heavy (non-hydrogen) atoms. The van der Waals surface area contributed by atoms with Gasteiger partial charge in [-0.3, -0.25) is 0 Å². The predicted octanol–water partition coefficient (Wildman–Crippen LogP) is 2.94. The van der Waals surface area contributed by atoms with Gasteiger partial charge in [-0.2, -0.15) is 0 Å². The van der Waals surface area contributed by atoms with Crippen LogP contribution in [-0.4, -0.2) is 14.8 Å². The number of rotatable bonds is 5. The maximum atomic E-state index is 5.86. The zero-order chi connectivity index (χ0) is 10.8. The molecule has 0 N–H and O–H groups in total. The van der Waals surface area contributed by atoms with Crippen molar-refractivity contribution in [3.63, 3.8) is 0 Å². The van der Waals surface area contributed by atoms with Gasteiger partial charge in [0.2, 0.25) is 0 Å². The molecule has 0 aliphatic heterocycles. The zero-order valence-electron chi connectivity index (χ0n) is 9.41. The molecule has 0 atom stereocenters. The van der Waals surface area contributed by atoms with E-state index in [0.717, 1.165) is 18.1 Å². The molecule has 1 aromatic rings. The van der Waals surface area contributed by atoms with Crippen molar-refractivity contribution in [1.29, 1.82) is 0 Å². The van der Waals surface area contributed by atoms with Gasteiger partial charge in [0.1, 0.15) is 11.6 Å². The predicted molar refractivity (Wildman–Crippen MR) is 61.0 cm³/mol. The SMILES string of the molecule is CC(C)CCc1nnc(CCl)n1C1CC1. The molecule has 0 saturated heterocycles. The molecule has 1 aliphatic carbocycles. The molecule has 3 nitrogen and oxygen atoms in total. The summed E-state index contributed by atoms with van der Waals surface area (Å²) in [6, 6.07) is 0.635. The van der Waals surface area contributed by atoms with Crippen molar-refractivity contribution in [3.05, 3.63) is 11.6 Å². The first-order valence-corrected chi connectivity index (χ1v) is 6.24. The molecule has 0 radical (unpaired) electrons. The van der Waals surface area contributed by atoms with Gasteiger partial charge in [0, 0.05) is 12.5 Å². The van der Waals surface area contributed by atoms with Crippen LogP contribution in [0.1, 0.15) is 50.8 Å². The largest absolute Gasteiger partial charge is 0.311 e. The van der Waals surface area contributed by atoms with Crippen LogP contribution in [0.15, 0.2) is 0 Å². The van der Waals surface area contributed by atoms with Gasteiger partial charge in [0.15, 0.2) is 0 Å². The fraction of sp³-hybridized carbons (Fsp3) is 0.818. The first-order valence-electron chi connectivity index (χ1n) is 5.71. The minimum atomic E-state index is 0.477. The van der Waals surface area contributed by atoms with E-state index in [1.165, 1.54) is 19.3 Å². The molecule has 0 aromatic carbocycles. The maximum Gasteiger partial charge on any atom is 0.148 e. The summed E-state index contributed by atoms with van der Waals surface area (Å²) >= 11 is 5.86. The summed E-state index contributed by atoms with van der Waals surface area (Å²) in [5, 5.41) is 8.40. The quantitative estimate of drug-likeness (QED) is 0.725.